The minimum Gasteiger partial charge on any atom is -0.493 e. The molecular formula is C19H22ClNO5. The zero-order valence-electron chi connectivity index (χ0n) is 15.7. The lowest BCUT2D eigenvalue weighted by atomic mass is 9.95. The van der Waals surface area contributed by atoms with E-state index >= 15 is 0 Å². The summed E-state index contributed by atoms with van der Waals surface area (Å²) in [5.41, 5.74) is 1.91. The smallest absolute Gasteiger partial charge is 0.225 e. The zero-order chi connectivity index (χ0) is 19.4. The van der Waals surface area contributed by atoms with E-state index in [4.69, 9.17) is 30.5 Å². The molecule has 1 aromatic heterocycles. The average Bonchev–Trinajstić information content (AvgIpc) is 2.63. The van der Waals surface area contributed by atoms with Crippen LogP contribution in [0.2, 0.25) is 5.02 Å². The molecule has 1 aromatic carbocycles. The first kappa shape index (κ1) is 19.8. The van der Waals surface area contributed by atoms with Crippen LogP contribution in [0, 0.1) is 13.8 Å². The Morgan fingerprint density at radius 2 is 1.73 bits per heavy atom. The van der Waals surface area contributed by atoms with Gasteiger partial charge in [0.1, 0.15) is 0 Å². The summed E-state index contributed by atoms with van der Waals surface area (Å²) >= 11 is 6.19. The fraction of sp³-hybridized carbons (Fsp3) is 0.368. The van der Waals surface area contributed by atoms with Gasteiger partial charge in [0.15, 0.2) is 11.5 Å². The first-order valence-electron chi connectivity index (χ1n) is 8.03. The van der Waals surface area contributed by atoms with Crippen molar-refractivity contribution in [2.45, 2.75) is 20.8 Å². The molecule has 6 nitrogen and oxygen atoms in total. The molecule has 0 unspecified atom stereocenters. The fourth-order valence-electron chi connectivity index (χ4n) is 2.76. The number of rotatable bonds is 7. The second kappa shape index (κ2) is 8.27. The molecule has 0 N–H and O–H groups in total. The van der Waals surface area contributed by atoms with Gasteiger partial charge < -0.3 is 18.9 Å². The number of carbonyl (C=O) groups is 1. The normalized spacial score (nSPS) is 10.4. The highest BCUT2D eigenvalue weighted by Gasteiger charge is 2.28. The Balaban J connectivity index is 2.78. The van der Waals surface area contributed by atoms with E-state index in [0.717, 1.165) is 0 Å². The van der Waals surface area contributed by atoms with Gasteiger partial charge in [-0.15, -0.1) is 0 Å². The van der Waals surface area contributed by atoms with Crippen LogP contribution < -0.4 is 18.9 Å². The van der Waals surface area contributed by atoms with Gasteiger partial charge in [0.2, 0.25) is 17.4 Å². The molecule has 0 atom stereocenters. The molecule has 0 spiro atoms. The minimum atomic E-state index is -0.309. The maximum absolute atomic E-state index is 13.4. The number of methoxy groups -OCH3 is 3. The third kappa shape index (κ3) is 3.42. The number of ketones is 1. The number of hydrogen-bond acceptors (Lipinski definition) is 6. The Hall–Kier alpha value is -2.47. The van der Waals surface area contributed by atoms with Crippen molar-refractivity contribution in [2.24, 2.45) is 0 Å². The molecule has 1 heterocycles. The predicted octanol–water partition coefficient (Wildman–Crippen LogP) is 4.01. The Morgan fingerprint density at radius 3 is 2.27 bits per heavy atom. The van der Waals surface area contributed by atoms with Gasteiger partial charge >= 0.3 is 0 Å². The van der Waals surface area contributed by atoms with Crippen molar-refractivity contribution in [3.05, 3.63) is 39.5 Å². The summed E-state index contributed by atoms with van der Waals surface area (Å²) in [6, 6.07) is 1.72. The molecule has 0 saturated heterocycles. The Bertz CT molecular complexity index is 835. The van der Waals surface area contributed by atoms with Crippen molar-refractivity contribution < 1.29 is 23.7 Å². The lowest BCUT2D eigenvalue weighted by molar-refractivity contribution is 0.102. The maximum Gasteiger partial charge on any atom is 0.225 e. The van der Waals surface area contributed by atoms with Gasteiger partial charge in [-0.05, 0) is 38.0 Å². The van der Waals surface area contributed by atoms with Crippen LogP contribution in [0.15, 0.2) is 12.3 Å². The van der Waals surface area contributed by atoms with Gasteiger partial charge in [0, 0.05) is 6.20 Å². The van der Waals surface area contributed by atoms with Crippen LogP contribution >= 0.6 is 11.6 Å². The summed E-state index contributed by atoms with van der Waals surface area (Å²) in [4.78, 5) is 17.6. The quantitative estimate of drug-likeness (QED) is 0.677. The predicted molar refractivity (Wildman–Crippen MR) is 99.4 cm³/mol. The lowest BCUT2D eigenvalue weighted by Gasteiger charge is -2.19. The van der Waals surface area contributed by atoms with Gasteiger partial charge in [-0.3, -0.25) is 4.79 Å². The highest BCUT2D eigenvalue weighted by molar-refractivity contribution is 6.32. The van der Waals surface area contributed by atoms with E-state index in [9.17, 15) is 4.79 Å². The largest absolute Gasteiger partial charge is 0.493 e. The van der Waals surface area contributed by atoms with Crippen LogP contribution in [0.1, 0.15) is 34.0 Å². The molecule has 0 aliphatic carbocycles. The summed E-state index contributed by atoms with van der Waals surface area (Å²) in [6.45, 7) is 5.74. The van der Waals surface area contributed by atoms with Crippen LogP contribution in [0.4, 0.5) is 0 Å². The van der Waals surface area contributed by atoms with Crippen LogP contribution in [0.25, 0.3) is 0 Å². The highest BCUT2D eigenvalue weighted by Crippen LogP contribution is 2.43. The molecule has 0 amide bonds. The summed E-state index contributed by atoms with van der Waals surface area (Å²) in [6.07, 6.45) is 1.47. The minimum absolute atomic E-state index is 0.232. The molecular weight excluding hydrogens is 358 g/mol. The van der Waals surface area contributed by atoms with Crippen LogP contribution in [-0.2, 0) is 0 Å². The number of nitrogens with zero attached hydrogens (tertiary/aromatic N) is 1. The molecule has 2 aromatic rings. The molecule has 26 heavy (non-hydrogen) atoms. The average molecular weight is 380 g/mol. The SMILES string of the molecule is CCOc1ncc(Cl)c(C)c1C(=O)c1c(C)cc(OC)c(OC)c1OC. The van der Waals surface area contributed by atoms with E-state index in [1.165, 1.54) is 27.5 Å². The molecule has 0 fully saturated rings. The van der Waals surface area contributed by atoms with E-state index in [-0.39, 0.29) is 17.4 Å². The third-order valence-electron chi connectivity index (χ3n) is 4.00. The van der Waals surface area contributed by atoms with Crippen molar-refractivity contribution in [1.82, 2.24) is 4.98 Å². The molecule has 140 valence electrons. The Morgan fingerprint density at radius 1 is 1.08 bits per heavy atom. The molecule has 7 heteroatoms. The van der Waals surface area contributed by atoms with Crippen molar-refractivity contribution >= 4 is 17.4 Å². The van der Waals surface area contributed by atoms with Gasteiger partial charge in [0.25, 0.3) is 0 Å². The van der Waals surface area contributed by atoms with Crippen molar-refractivity contribution in [3.63, 3.8) is 0 Å². The number of pyridine rings is 1. The number of benzene rings is 1. The monoisotopic (exact) mass is 379 g/mol. The van der Waals surface area contributed by atoms with E-state index in [1.807, 2.05) is 6.92 Å². The van der Waals surface area contributed by atoms with Gasteiger partial charge in [-0.2, -0.15) is 0 Å². The van der Waals surface area contributed by atoms with Gasteiger partial charge in [-0.25, -0.2) is 4.98 Å². The Labute approximate surface area is 158 Å². The summed E-state index contributed by atoms with van der Waals surface area (Å²) < 4.78 is 21.8. The summed E-state index contributed by atoms with van der Waals surface area (Å²) in [5.74, 6) is 1.03. The van der Waals surface area contributed by atoms with Crippen LogP contribution in [0.5, 0.6) is 23.1 Å². The van der Waals surface area contributed by atoms with Crippen LogP contribution in [0.3, 0.4) is 0 Å². The van der Waals surface area contributed by atoms with Gasteiger partial charge in [0.05, 0.1) is 44.1 Å². The molecule has 0 radical (unpaired) electrons. The standard InChI is InChI=1S/C19H22ClNO5/c1-7-26-19-15(11(3)12(20)9-21-19)16(22)14-10(2)8-13(23-4)17(24-5)18(14)25-6/h8-9H,7H2,1-6H3. The number of carbonyl (C=O) groups excluding carboxylic acids is 1. The number of hydrogen-bond donors (Lipinski definition) is 0. The highest BCUT2D eigenvalue weighted by atomic mass is 35.5. The fourth-order valence-corrected chi connectivity index (χ4v) is 2.90. The first-order chi connectivity index (χ1) is 12.4. The van der Waals surface area contributed by atoms with E-state index in [1.54, 1.807) is 19.9 Å². The zero-order valence-corrected chi connectivity index (χ0v) is 16.5. The summed E-state index contributed by atoms with van der Waals surface area (Å²) in [5, 5.41) is 0.383. The molecule has 2 rings (SSSR count). The molecule has 0 aliphatic heterocycles. The number of ether oxygens (including phenoxy) is 4. The van der Waals surface area contributed by atoms with Crippen molar-refractivity contribution in [3.8, 4) is 23.1 Å². The van der Waals surface area contributed by atoms with E-state index < -0.39 is 0 Å². The maximum atomic E-state index is 13.4. The van der Waals surface area contributed by atoms with Crippen molar-refractivity contribution in [2.75, 3.05) is 27.9 Å². The third-order valence-corrected chi connectivity index (χ3v) is 4.39. The molecule has 0 saturated carbocycles. The van der Waals surface area contributed by atoms with E-state index in [2.05, 4.69) is 4.98 Å². The summed E-state index contributed by atoms with van der Waals surface area (Å²) in [7, 11) is 4.48. The van der Waals surface area contributed by atoms with Gasteiger partial charge in [-0.1, -0.05) is 11.6 Å². The topological polar surface area (TPSA) is 66.9 Å². The Kier molecular flexibility index (Phi) is 6.32. The van der Waals surface area contributed by atoms with E-state index in [0.29, 0.717) is 45.4 Å². The molecule has 0 aliphatic rings. The number of halogens is 1. The molecule has 0 bridgehead atoms. The number of aryl methyl sites for hydroxylation is 1. The van der Waals surface area contributed by atoms with Crippen molar-refractivity contribution in [1.29, 1.82) is 0 Å². The lowest BCUT2D eigenvalue weighted by Crippen LogP contribution is -2.13. The number of aromatic nitrogens is 1. The second-order valence-electron chi connectivity index (χ2n) is 5.51. The first-order valence-corrected chi connectivity index (χ1v) is 8.41. The van der Waals surface area contributed by atoms with Crippen LogP contribution in [-0.4, -0.2) is 38.7 Å². The second-order valence-corrected chi connectivity index (χ2v) is 5.92.